The lowest BCUT2D eigenvalue weighted by Gasteiger charge is -2.44. The first-order chi connectivity index (χ1) is 16.4. The number of carbonyl (C=O) groups excluding carboxylic acids is 5. The van der Waals surface area contributed by atoms with Crippen molar-refractivity contribution in [2.45, 2.75) is 63.4 Å². The van der Waals surface area contributed by atoms with Crippen LogP contribution in [0.15, 0.2) is 9.95 Å². The van der Waals surface area contributed by atoms with Gasteiger partial charge in [0, 0.05) is 34.7 Å². The highest BCUT2D eigenvalue weighted by Crippen LogP contribution is 2.38. The van der Waals surface area contributed by atoms with Crippen molar-refractivity contribution in [2.24, 2.45) is 7.05 Å². The Labute approximate surface area is 204 Å². The first-order valence-corrected chi connectivity index (χ1v) is 11.5. The summed E-state index contributed by atoms with van der Waals surface area (Å²) < 4.78 is 28.2. The summed E-state index contributed by atoms with van der Waals surface area (Å²) in [4.78, 5) is 76.3. The second-order valence-electron chi connectivity index (χ2n) is 7.50. The van der Waals surface area contributed by atoms with Crippen molar-refractivity contribution in [3.8, 4) is 0 Å². The standard InChI is InChI=1S/C21H26N2O11S/c1-9(25)30-8-14-16(31-10(2)26)18(32-11(3)27)19(33-12(4)28)17(34-14)15-13(7-24)20(29)23(5)21(22-15)35-6/h7,14,16-19H,8H2,1-6H3/t14-,16-,17-,18+,19+/m1/s1. The van der Waals surface area contributed by atoms with Crippen molar-refractivity contribution in [1.82, 2.24) is 9.55 Å². The number of rotatable bonds is 8. The van der Waals surface area contributed by atoms with Gasteiger partial charge in [0.2, 0.25) is 0 Å². The minimum absolute atomic E-state index is 0.190. The van der Waals surface area contributed by atoms with Gasteiger partial charge in [-0.2, -0.15) is 0 Å². The molecule has 35 heavy (non-hydrogen) atoms. The number of hydrogen-bond acceptors (Lipinski definition) is 13. The number of aldehydes is 1. The van der Waals surface area contributed by atoms with E-state index < -0.39 is 66.6 Å². The summed E-state index contributed by atoms with van der Waals surface area (Å²) in [6.45, 7) is 3.95. The first kappa shape index (κ1) is 28.0. The van der Waals surface area contributed by atoms with Crippen LogP contribution in [-0.2, 0) is 49.9 Å². The van der Waals surface area contributed by atoms with Crippen LogP contribution in [0.3, 0.4) is 0 Å². The zero-order valence-electron chi connectivity index (χ0n) is 20.0. The van der Waals surface area contributed by atoms with Crippen LogP contribution in [0.2, 0.25) is 0 Å². The molecule has 5 atom stereocenters. The summed E-state index contributed by atoms with van der Waals surface area (Å²) in [7, 11) is 1.42. The predicted molar refractivity (Wildman–Crippen MR) is 118 cm³/mol. The Kier molecular flexibility index (Phi) is 9.54. The van der Waals surface area contributed by atoms with Gasteiger partial charge in [0.05, 0.1) is 5.69 Å². The largest absolute Gasteiger partial charge is 0.463 e. The molecule has 0 unspecified atom stereocenters. The van der Waals surface area contributed by atoms with E-state index in [2.05, 4.69) is 4.98 Å². The van der Waals surface area contributed by atoms with Gasteiger partial charge in [-0.25, -0.2) is 4.98 Å². The average Bonchev–Trinajstić information content (AvgIpc) is 2.76. The van der Waals surface area contributed by atoms with E-state index in [0.717, 1.165) is 44.0 Å². The average molecular weight is 515 g/mol. The van der Waals surface area contributed by atoms with Gasteiger partial charge in [0.15, 0.2) is 29.8 Å². The molecule has 192 valence electrons. The van der Waals surface area contributed by atoms with Crippen LogP contribution >= 0.6 is 11.8 Å². The van der Waals surface area contributed by atoms with E-state index in [0.29, 0.717) is 0 Å². The van der Waals surface area contributed by atoms with Gasteiger partial charge in [0.25, 0.3) is 5.56 Å². The number of nitrogens with zero attached hydrogens (tertiary/aromatic N) is 2. The summed E-state index contributed by atoms with van der Waals surface area (Å²) >= 11 is 1.11. The van der Waals surface area contributed by atoms with E-state index in [4.69, 9.17) is 23.7 Å². The molecule has 1 fully saturated rings. The van der Waals surface area contributed by atoms with E-state index in [9.17, 15) is 28.8 Å². The molecule has 0 saturated carbocycles. The third-order valence-electron chi connectivity index (χ3n) is 4.87. The van der Waals surface area contributed by atoms with Crippen molar-refractivity contribution < 1.29 is 47.7 Å². The predicted octanol–water partition coefficient (Wildman–Crippen LogP) is 0.113. The van der Waals surface area contributed by atoms with Gasteiger partial charge in [-0.1, -0.05) is 11.8 Å². The molecule has 2 heterocycles. The summed E-state index contributed by atoms with van der Waals surface area (Å²) in [5.41, 5.74) is -1.27. The first-order valence-electron chi connectivity index (χ1n) is 10.3. The van der Waals surface area contributed by atoms with Crippen LogP contribution < -0.4 is 5.56 Å². The molecular formula is C21H26N2O11S. The van der Waals surface area contributed by atoms with Crippen LogP contribution in [0, 0.1) is 0 Å². The Bertz CT molecular complexity index is 1070. The molecule has 0 bridgehead atoms. The maximum Gasteiger partial charge on any atom is 0.303 e. The Morgan fingerprint density at radius 1 is 0.971 bits per heavy atom. The molecular weight excluding hydrogens is 488 g/mol. The lowest BCUT2D eigenvalue weighted by Crippen LogP contribution is -2.60. The number of thioether (sulfide) groups is 1. The van der Waals surface area contributed by atoms with E-state index in [-0.39, 0.29) is 22.7 Å². The van der Waals surface area contributed by atoms with Gasteiger partial charge in [-0.15, -0.1) is 0 Å². The molecule has 0 radical (unpaired) electrons. The zero-order chi connectivity index (χ0) is 26.4. The van der Waals surface area contributed by atoms with Crippen molar-refractivity contribution in [1.29, 1.82) is 0 Å². The van der Waals surface area contributed by atoms with Crippen LogP contribution in [0.5, 0.6) is 0 Å². The van der Waals surface area contributed by atoms with Gasteiger partial charge < -0.3 is 23.7 Å². The molecule has 0 amide bonds. The van der Waals surface area contributed by atoms with Gasteiger partial charge in [0.1, 0.15) is 24.4 Å². The second-order valence-corrected chi connectivity index (χ2v) is 8.27. The molecule has 1 aliphatic rings. The monoisotopic (exact) mass is 514 g/mol. The normalized spacial score (nSPS) is 23.7. The van der Waals surface area contributed by atoms with Gasteiger partial charge in [-0.3, -0.25) is 33.3 Å². The highest BCUT2D eigenvalue weighted by Gasteiger charge is 2.53. The Morgan fingerprint density at radius 3 is 2.00 bits per heavy atom. The fourth-order valence-corrected chi connectivity index (χ4v) is 4.12. The quantitative estimate of drug-likeness (QED) is 0.151. The molecule has 0 aromatic carbocycles. The molecule has 2 rings (SSSR count). The molecule has 1 aromatic heterocycles. The van der Waals surface area contributed by atoms with Gasteiger partial charge in [-0.05, 0) is 6.26 Å². The topological polar surface area (TPSA) is 166 Å². The van der Waals surface area contributed by atoms with Crippen LogP contribution in [-0.4, -0.2) is 77.0 Å². The lowest BCUT2D eigenvalue weighted by molar-refractivity contribution is -0.255. The highest BCUT2D eigenvalue weighted by molar-refractivity contribution is 7.98. The zero-order valence-corrected chi connectivity index (χ0v) is 20.8. The number of carbonyl (C=O) groups is 5. The van der Waals surface area contributed by atoms with E-state index >= 15 is 0 Å². The van der Waals surface area contributed by atoms with Gasteiger partial charge >= 0.3 is 23.9 Å². The van der Waals surface area contributed by atoms with Crippen molar-refractivity contribution in [3.05, 3.63) is 21.6 Å². The third kappa shape index (κ3) is 6.66. The lowest BCUT2D eigenvalue weighted by atomic mass is 9.91. The van der Waals surface area contributed by atoms with Crippen molar-refractivity contribution in [3.63, 3.8) is 0 Å². The second kappa shape index (κ2) is 11.9. The van der Waals surface area contributed by atoms with Crippen LogP contribution in [0.4, 0.5) is 0 Å². The fourth-order valence-electron chi connectivity index (χ4n) is 3.57. The fraction of sp³-hybridized carbons (Fsp3) is 0.571. The smallest absolute Gasteiger partial charge is 0.303 e. The van der Waals surface area contributed by atoms with E-state index in [1.54, 1.807) is 6.26 Å². The molecule has 1 aromatic rings. The number of ether oxygens (including phenoxy) is 5. The Hall–Kier alpha value is -3.26. The molecule has 1 aliphatic heterocycles. The Morgan fingerprint density at radius 2 is 1.51 bits per heavy atom. The number of hydrogen-bond donors (Lipinski definition) is 0. The minimum atomic E-state index is -1.48. The third-order valence-corrected chi connectivity index (χ3v) is 5.61. The Balaban J connectivity index is 2.77. The number of aromatic nitrogens is 2. The van der Waals surface area contributed by atoms with Crippen LogP contribution in [0.25, 0.3) is 0 Å². The summed E-state index contributed by atoms with van der Waals surface area (Å²) in [6.07, 6.45) is -5.06. The molecule has 1 saturated heterocycles. The molecule has 13 nitrogen and oxygen atoms in total. The van der Waals surface area contributed by atoms with Crippen molar-refractivity contribution in [2.75, 3.05) is 12.9 Å². The van der Waals surface area contributed by atoms with Crippen LogP contribution in [0.1, 0.15) is 49.9 Å². The minimum Gasteiger partial charge on any atom is -0.463 e. The maximum absolute atomic E-state index is 12.8. The molecule has 0 spiro atoms. The highest BCUT2D eigenvalue weighted by atomic mass is 32.2. The SMILES string of the molecule is CSc1nc([C@H]2O[C@H](COC(C)=O)[C@@H](OC(C)=O)[C@H](OC(C)=O)[C@H]2OC(C)=O)c(C=O)c(=O)n1C. The summed E-state index contributed by atoms with van der Waals surface area (Å²) in [5, 5.41) is 0.212. The molecule has 0 aliphatic carbocycles. The maximum atomic E-state index is 12.8. The summed E-state index contributed by atoms with van der Waals surface area (Å²) in [6, 6.07) is 0. The molecule has 0 N–H and O–H groups in total. The molecule has 14 heteroatoms. The number of esters is 4. The van der Waals surface area contributed by atoms with Crippen molar-refractivity contribution >= 4 is 41.9 Å². The summed E-state index contributed by atoms with van der Waals surface area (Å²) in [5.74, 6) is -3.09. The van der Waals surface area contributed by atoms with E-state index in [1.807, 2.05) is 0 Å². The van der Waals surface area contributed by atoms with E-state index in [1.165, 1.54) is 7.05 Å².